The number of fused-ring (bicyclic) bond motifs is 1. The van der Waals surface area contributed by atoms with E-state index in [2.05, 4.69) is 15.0 Å². The number of pyridine rings is 1. The van der Waals surface area contributed by atoms with Gasteiger partial charge in [-0.25, -0.2) is 18.2 Å². The summed E-state index contributed by atoms with van der Waals surface area (Å²) < 4.78 is 46.3. The van der Waals surface area contributed by atoms with E-state index in [9.17, 15) is 18.0 Å². The second kappa shape index (κ2) is 6.94. The van der Waals surface area contributed by atoms with Gasteiger partial charge >= 0.3 is 5.97 Å². The Morgan fingerprint density at radius 2 is 2.00 bits per heavy atom. The SMILES string of the molecule is COC(=O)CN(C)c1ncc(NC(C)C)c2cc(F)c(F)c(F)c12. The molecule has 0 saturated heterocycles. The van der Waals surface area contributed by atoms with Crippen LogP contribution in [-0.4, -0.2) is 37.7 Å². The van der Waals surface area contributed by atoms with Crippen molar-refractivity contribution in [2.24, 2.45) is 0 Å². The first-order valence-corrected chi connectivity index (χ1v) is 7.27. The molecule has 8 heteroatoms. The van der Waals surface area contributed by atoms with Crippen molar-refractivity contribution in [3.63, 3.8) is 0 Å². The van der Waals surface area contributed by atoms with Crippen LogP contribution in [0.4, 0.5) is 24.7 Å². The van der Waals surface area contributed by atoms with Gasteiger partial charge in [-0.2, -0.15) is 0 Å². The molecule has 0 spiro atoms. The van der Waals surface area contributed by atoms with Gasteiger partial charge in [0.1, 0.15) is 12.4 Å². The number of hydrogen-bond donors (Lipinski definition) is 1. The minimum atomic E-state index is -1.58. The molecule has 2 rings (SSSR count). The lowest BCUT2D eigenvalue weighted by molar-refractivity contribution is -0.138. The number of rotatable bonds is 5. The van der Waals surface area contributed by atoms with E-state index in [4.69, 9.17) is 0 Å². The maximum absolute atomic E-state index is 14.4. The van der Waals surface area contributed by atoms with Gasteiger partial charge in [0.25, 0.3) is 0 Å². The first kappa shape index (κ1) is 17.8. The van der Waals surface area contributed by atoms with E-state index >= 15 is 0 Å². The van der Waals surface area contributed by atoms with Crippen molar-refractivity contribution >= 4 is 28.2 Å². The number of methoxy groups -OCH3 is 1. The van der Waals surface area contributed by atoms with E-state index in [1.165, 1.54) is 25.3 Å². The van der Waals surface area contributed by atoms with E-state index < -0.39 is 23.4 Å². The number of halogens is 3. The van der Waals surface area contributed by atoms with Crippen molar-refractivity contribution in [2.45, 2.75) is 19.9 Å². The van der Waals surface area contributed by atoms with Gasteiger partial charge in [0.2, 0.25) is 0 Å². The standard InChI is InChI=1S/C16H18F3N3O2/c1-8(2)21-11-6-20-16(22(3)7-12(23)24-4)13-9(11)5-10(17)14(18)15(13)19/h5-6,8,21H,7H2,1-4H3. The fraction of sp³-hybridized carbons (Fsp3) is 0.375. The molecule has 0 fully saturated rings. The zero-order valence-electron chi connectivity index (χ0n) is 13.8. The highest BCUT2D eigenvalue weighted by Crippen LogP contribution is 2.34. The van der Waals surface area contributed by atoms with Gasteiger partial charge in [0.15, 0.2) is 17.5 Å². The molecule has 1 N–H and O–H groups in total. The third-order valence-corrected chi connectivity index (χ3v) is 3.39. The molecule has 130 valence electrons. The molecule has 1 heterocycles. The second-order valence-electron chi connectivity index (χ2n) is 5.64. The number of esters is 1. The van der Waals surface area contributed by atoms with Gasteiger partial charge in [0.05, 0.1) is 24.4 Å². The lowest BCUT2D eigenvalue weighted by atomic mass is 10.1. The highest BCUT2D eigenvalue weighted by molar-refractivity contribution is 6.01. The molecule has 0 amide bonds. The first-order valence-electron chi connectivity index (χ1n) is 7.27. The van der Waals surface area contributed by atoms with Gasteiger partial charge in [-0.1, -0.05) is 0 Å². The summed E-state index contributed by atoms with van der Waals surface area (Å²) in [6, 6.07) is 0.889. The van der Waals surface area contributed by atoms with Crippen molar-refractivity contribution in [2.75, 3.05) is 30.9 Å². The van der Waals surface area contributed by atoms with Crippen molar-refractivity contribution in [1.29, 1.82) is 0 Å². The number of hydrogen-bond acceptors (Lipinski definition) is 5. The number of nitrogens with one attached hydrogen (secondary N) is 1. The van der Waals surface area contributed by atoms with E-state index in [-0.39, 0.29) is 29.2 Å². The molecule has 0 unspecified atom stereocenters. The lowest BCUT2D eigenvalue weighted by Crippen LogP contribution is -2.27. The molecular weight excluding hydrogens is 323 g/mol. The molecular formula is C16H18F3N3O2. The molecule has 2 aromatic rings. The third kappa shape index (κ3) is 3.37. The van der Waals surface area contributed by atoms with Gasteiger partial charge in [-0.3, -0.25) is 4.79 Å². The third-order valence-electron chi connectivity index (χ3n) is 3.39. The summed E-state index contributed by atoms with van der Waals surface area (Å²) in [5, 5.41) is 2.95. The van der Waals surface area contributed by atoms with Gasteiger partial charge in [-0.15, -0.1) is 0 Å². The maximum Gasteiger partial charge on any atom is 0.325 e. The van der Waals surface area contributed by atoms with Crippen molar-refractivity contribution < 1.29 is 22.7 Å². The summed E-state index contributed by atoms with van der Waals surface area (Å²) in [5.41, 5.74) is 0.369. The highest BCUT2D eigenvalue weighted by Gasteiger charge is 2.22. The molecule has 0 saturated carbocycles. The zero-order valence-corrected chi connectivity index (χ0v) is 13.8. The van der Waals surface area contributed by atoms with E-state index in [1.807, 2.05) is 13.8 Å². The number of aromatic nitrogens is 1. The average Bonchev–Trinajstić information content (AvgIpc) is 2.52. The Morgan fingerprint density at radius 1 is 1.33 bits per heavy atom. The molecule has 0 atom stereocenters. The van der Waals surface area contributed by atoms with Crippen LogP contribution in [0.2, 0.25) is 0 Å². The summed E-state index contributed by atoms with van der Waals surface area (Å²) in [6.07, 6.45) is 1.39. The summed E-state index contributed by atoms with van der Waals surface area (Å²) in [7, 11) is 2.70. The Kier molecular flexibility index (Phi) is 5.16. The maximum atomic E-state index is 14.4. The predicted octanol–water partition coefficient (Wildman–Crippen LogP) is 3.08. The van der Waals surface area contributed by atoms with Crippen LogP contribution in [-0.2, 0) is 9.53 Å². The number of carbonyl (C=O) groups is 1. The van der Waals surface area contributed by atoms with Crippen LogP contribution >= 0.6 is 0 Å². The molecule has 0 bridgehead atoms. The molecule has 0 aliphatic rings. The molecule has 1 aromatic carbocycles. The molecule has 5 nitrogen and oxygen atoms in total. The Labute approximate surface area is 137 Å². The number of carbonyl (C=O) groups excluding carboxylic acids is 1. The van der Waals surface area contributed by atoms with Crippen LogP contribution in [0.3, 0.4) is 0 Å². The number of ether oxygens (including phenoxy) is 1. The molecule has 0 aliphatic heterocycles. The van der Waals surface area contributed by atoms with E-state index in [0.717, 1.165) is 6.07 Å². The molecule has 24 heavy (non-hydrogen) atoms. The van der Waals surface area contributed by atoms with Crippen LogP contribution in [0.5, 0.6) is 0 Å². The van der Waals surface area contributed by atoms with Crippen LogP contribution in [0.1, 0.15) is 13.8 Å². The Hall–Kier alpha value is -2.51. The Morgan fingerprint density at radius 3 is 2.58 bits per heavy atom. The Bertz CT molecular complexity index is 781. The smallest absolute Gasteiger partial charge is 0.325 e. The van der Waals surface area contributed by atoms with Crippen molar-refractivity contribution in [3.8, 4) is 0 Å². The van der Waals surface area contributed by atoms with Crippen LogP contribution in [0.15, 0.2) is 12.3 Å². The fourth-order valence-electron chi connectivity index (χ4n) is 2.33. The highest BCUT2D eigenvalue weighted by atomic mass is 19.2. The van der Waals surface area contributed by atoms with E-state index in [0.29, 0.717) is 5.69 Å². The monoisotopic (exact) mass is 341 g/mol. The van der Waals surface area contributed by atoms with Crippen molar-refractivity contribution in [1.82, 2.24) is 4.98 Å². The summed E-state index contributed by atoms with van der Waals surface area (Å²) >= 11 is 0. The van der Waals surface area contributed by atoms with Gasteiger partial charge in [0, 0.05) is 18.5 Å². The largest absolute Gasteiger partial charge is 0.468 e. The predicted molar refractivity (Wildman–Crippen MR) is 85.7 cm³/mol. The van der Waals surface area contributed by atoms with Crippen LogP contribution < -0.4 is 10.2 Å². The number of likely N-dealkylation sites (N-methyl/N-ethyl adjacent to an activating group) is 1. The molecule has 1 aromatic heterocycles. The van der Waals surface area contributed by atoms with E-state index in [1.54, 1.807) is 0 Å². The number of benzene rings is 1. The number of anilines is 2. The van der Waals surface area contributed by atoms with Gasteiger partial charge < -0.3 is 15.0 Å². The molecule has 0 aliphatic carbocycles. The normalized spacial score (nSPS) is 11.0. The topological polar surface area (TPSA) is 54.5 Å². The zero-order chi connectivity index (χ0) is 18.0. The van der Waals surface area contributed by atoms with Crippen LogP contribution in [0.25, 0.3) is 10.8 Å². The average molecular weight is 341 g/mol. The fourth-order valence-corrected chi connectivity index (χ4v) is 2.33. The summed E-state index contributed by atoms with van der Waals surface area (Å²) in [4.78, 5) is 16.8. The minimum absolute atomic E-state index is 0.0149. The Balaban J connectivity index is 2.69. The van der Waals surface area contributed by atoms with Gasteiger partial charge in [-0.05, 0) is 19.9 Å². The molecule has 0 radical (unpaired) electrons. The number of nitrogens with zero attached hydrogens (tertiary/aromatic N) is 2. The summed E-state index contributed by atoms with van der Waals surface area (Å²) in [5.74, 6) is -4.78. The summed E-state index contributed by atoms with van der Waals surface area (Å²) in [6.45, 7) is 3.48. The first-order chi connectivity index (χ1) is 11.3. The van der Waals surface area contributed by atoms with Crippen molar-refractivity contribution in [3.05, 3.63) is 29.7 Å². The minimum Gasteiger partial charge on any atom is -0.468 e. The second-order valence-corrected chi connectivity index (χ2v) is 5.64. The lowest BCUT2D eigenvalue weighted by Gasteiger charge is -2.21. The quantitative estimate of drug-likeness (QED) is 0.669. The van der Waals surface area contributed by atoms with Crippen LogP contribution in [0, 0.1) is 17.5 Å².